The van der Waals surface area contributed by atoms with Crippen LogP contribution in [0.2, 0.25) is 5.02 Å². The fraction of sp³-hybridized carbons (Fsp3) is 0.158. The monoisotopic (exact) mass is 446 g/mol. The number of H-pyrrole nitrogens is 1. The Labute approximate surface area is 178 Å². The summed E-state index contributed by atoms with van der Waals surface area (Å²) in [5.41, 5.74) is -1.50. The maximum atomic E-state index is 12.5. The molecule has 3 rings (SSSR count). The number of aromatic amines is 1. The molecule has 3 aromatic rings. The highest BCUT2D eigenvalue weighted by molar-refractivity contribution is 6.32. The number of hydrogen-bond acceptors (Lipinski definition) is 8. The molecule has 0 atom stereocenters. The van der Waals surface area contributed by atoms with Crippen LogP contribution >= 0.6 is 11.6 Å². The lowest BCUT2D eigenvalue weighted by atomic mass is 10.2. The third-order valence-corrected chi connectivity index (χ3v) is 4.27. The molecule has 0 aliphatic heterocycles. The second-order valence-corrected chi connectivity index (χ2v) is 6.45. The zero-order chi connectivity index (χ0) is 22.5. The fourth-order valence-corrected chi connectivity index (χ4v) is 2.95. The van der Waals surface area contributed by atoms with Crippen molar-refractivity contribution in [3.8, 4) is 5.75 Å². The van der Waals surface area contributed by atoms with E-state index in [4.69, 9.17) is 21.1 Å². The SMILES string of the molecule is CCOC(=O)COc1c(Cl)cc(C=Nn2c(=O)[nH]c3ccccc3c2=O)cc1[N+](=O)[O-]. The molecule has 0 unspecified atom stereocenters. The number of ether oxygens (including phenoxy) is 2. The van der Waals surface area contributed by atoms with E-state index in [0.29, 0.717) is 10.2 Å². The van der Waals surface area contributed by atoms with Gasteiger partial charge in [0, 0.05) is 11.6 Å². The first-order chi connectivity index (χ1) is 14.8. The number of nitrogens with zero attached hydrogens (tertiary/aromatic N) is 3. The van der Waals surface area contributed by atoms with Crippen molar-refractivity contribution >= 4 is 40.4 Å². The number of rotatable bonds is 7. The summed E-state index contributed by atoms with van der Waals surface area (Å²) < 4.78 is 10.4. The van der Waals surface area contributed by atoms with Gasteiger partial charge in [-0.2, -0.15) is 5.10 Å². The zero-order valence-corrected chi connectivity index (χ0v) is 16.8. The van der Waals surface area contributed by atoms with E-state index in [1.54, 1.807) is 25.1 Å². The van der Waals surface area contributed by atoms with Crippen molar-refractivity contribution in [1.29, 1.82) is 0 Å². The molecule has 0 saturated carbocycles. The lowest BCUT2D eigenvalue weighted by molar-refractivity contribution is -0.385. The van der Waals surface area contributed by atoms with Crippen molar-refractivity contribution in [2.75, 3.05) is 13.2 Å². The molecule has 0 radical (unpaired) electrons. The second kappa shape index (κ2) is 9.22. The largest absolute Gasteiger partial charge is 0.474 e. The van der Waals surface area contributed by atoms with Crippen molar-refractivity contribution in [2.24, 2.45) is 5.10 Å². The Morgan fingerprint density at radius 3 is 2.77 bits per heavy atom. The quantitative estimate of drug-likeness (QED) is 0.253. The molecule has 0 fully saturated rings. The minimum absolute atomic E-state index is 0.125. The van der Waals surface area contributed by atoms with Crippen LogP contribution in [0, 0.1) is 10.1 Å². The molecule has 1 N–H and O–H groups in total. The Kier molecular flexibility index (Phi) is 6.46. The summed E-state index contributed by atoms with van der Waals surface area (Å²) in [6, 6.07) is 8.75. The average molecular weight is 447 g/mol. The maximum Gasteiger partial charge on any atom is 0.349 e. The molecule has 0 amide bonds. The number of nitro groups is 1. The summed E-state index contributed by atoms with van der Waals surface area (Å²) >= 11 is 6.08. The number of carbonyl (C=O) groups excluding carboxylic acids is 1. The molecule has 1 heterocycles. The van der Waals surface area contributed by atoms with Gasteiger partial charge in [0.15, 0.2) is 6.61 Å². The molecule has 31 heavy (non-hydrogen) atoms. The third-order valence-electron chi connectivity index (χ3n) is 3.99. The smallest absolute Gasteiger partial charge is 0.349 e. The van der Waals surface area contributed by atoms with Crippen LogP contribution in [0.5, 0.6) is 5.75 Å². The van der Waals surface area contributed by atoms with Crippen molar-refractivity contribution in [2.45, 2.75) is 6.92 Å². The van der Waals surface area contributed by atoms with Crippen LogP contribution in [0.1, 0.15) is 12.5 Å². The highest BCUT2D eigenvalue weighted by atomic mass is 35.5. The van der Waals surface area contributed by atoms with E-state index in [1.807, 2.05) is 0 Å². The first-order valence-electron chi connectivity index (χ1n) is 8.86. The van der Waals surface area contributed by atoms with E-state index < -0.39 is 34.4 Å². The van der Waals surface area contributed by atoms with Crippen LogP contribution in [0.3, 0.4) is 0 Å². The predicted octanol–water partition coefficient (Wildman–Crippen LogP) is 2.08. The summed E-state index contributed by atoms with van der Waals surface area (Å²) in [6.45, 7) is 1.16. The zero-order valence-electron chi connectivity index (χ0n) is 16.0. The Bertz CT molecular complexity index is 1310. The van der Waals surface area contributed by atoms with Gasteiger partial charge in [-0.15, -0.1) is 4.68 Å². The number of fused-ring (bicyclic) bond motifs is 1. The topological polar surface area (TPSA) is 146 Å². The predicted molar refractivity (Wildman–Crippen MR) is 112 cm³/mol. The van der Waals surface area contributed by atoms with Gasteiger partial charge in [0.25, 0.3) is 5.56 Å². The van der Waals surface area contributed by atoms with Crippen molar-refractivity contribution in [3.05, 3.63) is 77.9 Å². The number of aromatic nitrogens is 2. The van der Waals surface area contributed by atoms with Crippen LogP contribution in [-0.4, -0.2) is 40.0 Å². The fourth-order valence-electron chi connectivity index (χ4n) is 2.67. The number of benzene rings is 2. The number of para-hydroxylation sites is 1. The summed E-state index contributed by atoms with van der Waals surface area (Å²) in [5.74, 6) is -1.04. The van der Waals surface area contributed by atoms with E-state index >= 15 is 0 Å². The molecule has 1 aromatic heterocycles. The van der Waals surface area contributed by atoms with Gasteiger partial charge in [-0.05, 0) is 25.1 Å². The van der Waals surface area contributed by atoms with Gasteiger partial charge in [-0.3, -0.25) is 14.9 Å². The number of hydrogen-bond donors (Lipinski definition) is 1. The van der Waals surface area contributed by atoms with E-state index in [2.05, 4.69) is 10.1 Å². The van der Waals surface area contributed by atoms with Crippen molar-refractivity contribution in [3.63, 3.8) is 0 Å². The summed E-state index contributed by atoms with van der Waals surface area (Å²) in [7, 11) is 0. The summed E-state index contributed by atoms with van der Waals surface area (Å²) in [5, 5.41) is 15.3. The number of esters is 1. The normalized spacial score (nSPS) is 11.0. The number of nitrogens with one attached hydrogen (secondary N) is 1. The van der Waals surface area contributed by atoms with Gasteiger partial charge in [-0.1, -0.05) is 23.7 Å². The molecule has 0 spiro atoms. The Balaban J connectivity index is 1.97. The Morgan fingerprint density at radius 2 is 2.06 bits per heavy atom. The molecule has 0 aliphatic rings. The molecular formula is C19H15ClN4O7. The highest BCUT2D eigenvalue weighted by Crippen LogP contribution is 2.35. The first-order valence-corrected chi connectivity index (χ1v) is 9.24. The van der Waals surface area contributed by atoms with Crippen LogP contribution < -0.4 is 16.0 Å². The minimum atomic E-state index is -0.782. The second-order valence-electron chi connectivity index (χ2n) is 6.04. The van der Waals surface area contributed by atoms with Crippen LogP contribution in [0.25, 0.3) is 10.9 Å². The van der Waals surface area contributed by atoms with Crippen molar-refractivity contribution < 1.29 is 19.2 Å². The number of carbonyl (C=O) groups is 1. The highest BCUT2D eigenvalue weighted by Gasteiger charge is 2.21. The van der Waals surface area contributed by atoms with Crippen molar-refractivity contribution in [1.82, 2.24) is 9.66 Å². The molecule has 2 aromatic carbocycles. The standard InChI is InChI=1S/C19H15ClN4O7/c1-2-30-16(25)10-31-17-13(20)7-11(8-15(17)24(28)29)9-21-23-18(26)12-5-3-4-6-14(12)22-19(23)27/h3-9H,2,10H2,1H3,(H,22,27). The molecule has 0 bridgehead atoms. The third kappa shape index (κ3) is 4.78. The molecular weight excluding hydrogens is 432 g/mol. The van der Waals surface area contributed by atoms with Crippen LogP contribution in [-0.2, 0) is 9.53 Å². The molecule has 160 valence electrons. The Morgan fingerprint density at radius 1 is 1.32 bits per heavy atom. The minimum Gasteiger partial charge on any atom is -0.474 e. The Hall–Kier alpha value is -3.99. The van der Waals surface area contributed by atoms with E-state index in [0.717, 1.165) is 12.3 Å². The summed E-state index contributed by atoms with van der Waals surface area (Å²) in [6.07, 6.45) is 1.07. The molecule has 0 aliphatic carbocycles. The molecule has 11 nitrogen and oxygen atoms in total. The van der Waals surface area contributed by atoms with Crippen LogP contribution in [0.15, 0.2) is 51.1 Å². The first kappa shape index (κ1) is 21.7. The lowest BCUT2D eigenvalue weighted by Crippen LogP contribution is -2.32. The van der Waals surface area contributed by atoms with E-state index in [9.17, 15) is 24.5 Å². The molecule has 12 heteroatoms. The van der Waals surface area contributed by atoms with Crippen LogP contribution in [0.4, 0.5) is 5.69 Å². The van der Waals surface area contributed by atoms with Gasteiger partial charge in [0.2, 0.25) is 5.75 Å². The van der Waals surface area contributed by atoms with Gasteiger partial charge in [0.1, 0.15) is 0 Å². The maximum absolute atomic E-state index is 12.5. The summed E-state index contributed by atoms with van der Waals surface area (Å²) in [4.78, 5) is 49.3. The van der Waals surface area contributed by atoms with Gasteiger partial charge < -0.3 is 14.5 Å². The number of nitro benzene ring substituents is 1. The lowest BCUT2D eigenvalue weighted by Gasteiger charge is -2.09. The van der Waals surface area contributed by atoms with Gasteiger partial charge in [-0.25, -0.2) is 9.59 Å². The van der Waals surface area contributed by atoms with Gasteiger partial charge >= 0.3 is 17.3 Å². The average Bonchev–Trinajstić information content (AvgIpc) is 2.72. The molecule has 0 saturated heterocycles. The van der Waals surface area contributed by atoms with E-state index in [-0.39, 0.29) is 28.3 Å². The van der Waals surface area contributed by atoms with E-state index in [1.165, 1.54) is 12.1 Å². The number of halogens is 1. The van der Waals surface area contributed by atoms with Gasteiger partial charge in [0.05, 0.1) is 33.7 Å².